The van der Waals surface area contributed by atoms with Crippen LogP contribution in [0.1, 0.15) is 32.1 Å². The van der Waals surface area contributed by atoms with Gasteiger partial charge in [0.05, 0.1) is 6.61 Å². The van der Waals surface area contributed by atoms with Gasteiger partial charge in [-0.2, -0.15) is 0 Å². The van der Waals surface area contributed by atoms with E-state index in [0.717, 1.165) is 18.1 Å². The molecular weight excluding hydrogens is 228 g/mol. The van der Waals surface area contributed by atoms with Gasteiger partial charge < -0.3 is 4.74 Å². The molecule has 0 saturated carbocycles. The molecule has 0 aromatic carbocycles. The lowest BCUT2D eigenvalue weighted by molar-refractivity contribution is -0.137. The first-order chi connectivity index (χ1) is 7.33. The fourth-order valence-corrected chi connectivity index (χ4v) is 4.47. The van der Waals surface area contributed by atoms with Crippen molar-refractivity contribution in [3.8, 4) is 0 Å². The van der Waals surface area contributed by atoms with Crippen molar-refractivity contribution in [2.45, 2.75) is 37.4 Å². The Morgan fingerprint density at radius 2 is 2.33 bits per heavy atom. The topological polar surface area (TPSA) is 26.3 Å². The predicted octanol–water partition coefficient (Wildman–Crippen LogP) is 3.43. The van der Waals surface area contributed by atoms with E-state index in [0.29, 0.717) is 6.61 Å². The Morgan fingerprint density at radius 1 is 1.47 bits per heavy atom. The fraction of sp³-hybridized carbons (Fsp3) is 0.727. The van der Waals surface area contributed by atoms with Crippen LogP contribution in [0.3, 0.4) is 0 Å². The fourth-order valence-electron chi connectivity index (χ4n) is 1.45. The maximum Gasteiger partial charge on any atom is 0.330 e. The molecule has 0 aliphatic carbocycles. The van der Waals surface area contributed by atoms with Gasteiger partial charge in [0.2, 0.25) is 0 Å². The lowest BCUT2D eigenvalue weighted by atomic mass is 10.1. The molecule has 86 valence electrons. The average Bonchev–Trinajstić information content (AvgIpc) is 2.75. The van der Waals surface area contributed by atoms with E-state index in [1.807, 2.05) is 21.6 Å². The Morgan fingerprint density at radius 3 is 3.00 bits per heavy atom. The minimum atomic E-state index is -0.308. The van der Waals surface area contributed by atoms with Gasteiger partial charge in [0, 0.05) is 17.1 Å². The smallest absolute Gasteiger partial charge is 0.330 e. The third kappa shape index (κ3) is 6.15. The zero-order chi connectivity index (χ0) is 10.9. The molecule has 4 heteroatoms. The lowest BCUT2D eigenvalue weighted by Crippen LogP contribution is -2.02. The van der Waals surface area contributed by atoms with Gasteiger partial charge in [0.1, 0.15) is 0 Å². The Kier molecular flexibility index (Phi) is 7.01. The van der Waals surface area contributed by atoms with Gasteiger partial charge in [-0.15, -0.1) is 0 Å². The quantitative estimate of drug-likeness (QED) is 0.297. The number of esters is 1. The molecule has 1 atom stereocenters. The first-order valence-corrected chi connectivity index (χ1v) is 7.78. The average molecular weight is 246 g/mol. The van der Waals surface area contributed by atoms with Gasteiger partial charge in [-0.3, -0.25) is 0 Å². The Balaban J connectivity index is 1.84. The minimum absolute atomic E-state index is 0.308. The maximum atomic E-state index is 10.7. The van der Waals surface area contributed by atoms with Crippen molar-refractivity contribution in [3.05, 3.63) is 12.7 Å². The van der Waals surface area contributed by atoms with Crippen LogP contribution in [-0.2, 0) is 9.53 Å². The summed E-state index contributed by atoms with van der Waals surface area (Å²) in [5.41, 5.74) is 0. The van der Waals surface area contributed by atoms with Crippen molar-refractivity contribution in [2.75, 3.05) is 12.4 Å². The third-order valence-electron chi connectivity index (χ3n) is 2.31. The summed E-state index contributed by atoms with van der Waals surface area (Å²) in [7, 11) is 4.03. The molecule has 0 aromatic rings. The number of hydrogen-bond acceptors (Lipinski definition) is 4. The molecule has 15 heavy (non-hydrogen) atoms. The zero-order valence-electron chi connectivity index (χ0n) is 8.94. The molecule has 0 bridgehead atoms. The lowest BCUT2D eigenvalue weighted by Gasteiger charge is -2.06. The zero-order valence-corrected chi connectivity index (χ0v) is 10.6. The van der Waals surface area contributed by atoms with E-state index in [4.69, 9.17) is 4.74 Å². The van der Waals surface area contributed by atoms with Gasteiger partial charge in [-0.1, -0.05) is 41.0 Å². The Hall–Kier alpha value is -0.0900. The summed E-state index contributed by atoms with van der Waals surface area (Å²) >= 11 is 0. The number of rotatable bonds is 7. The van der Waals surface area contributed by atoms with E-state index in [2.05, 4.69) is 6.58 Å². The predicted molar refractivity (Wildman–Crippen MR) is 68.1 cm³/mol. The molecule has 1 unspecified atom stereocenters. The van der Waals surface area contributed by atoms with Crippen molar-refractivity contribution >= 4 is 27.6 Å². The summed E-state index contributed by atoms with van der Waals surface area (Å²) in [4.78, 5) is 10.7. The van der Waals surface area contributed by atoms with Crippen molar-refractivity contribution in [3.63, 3.8) is 0 Å². The number of carbonyl (C=O) groups is 1. The highest BCUT2D eigenvalue weighted by atomic mass is 33.1. The van der Waals surface area contributed by atoms with Gasteiger partial charge >= 0.3 is 5.97 Å². The highest BCUT2D eigenvalue weighted by Gasteiger charge is 2.15. The second kappa shape index (κ2) is 8.11. The summed E-state index contributed by atoms with van der Waals surface area (Å²) < 4.78 is 4.90. The molecule has 1 aliphatic rings. The van der Waals surface area contributed by atoms with Gasteiger partial charge in [0.15, 0.2) is 0 Å². The van der Waals surface area contributed by atoms with E-state index in [-0.39, 0.29) is 5.97 Å². The van der Waals surface area contributed by atoms with Crippen molar-refractivity contribution in [1.82, 2.24) is 0 Å². The van der Waals surface area contributed by atoms with Crippen LogP contribution in [0, 0.1) is 0 Å². The summed E-state index contributed by atoms with van der Waals surface area (Å²) in [5.74, 6) is 1.00. The highest BCUT2D eigenvalue weighted by Crippen LogP contribution is 2.39. The van der Waals surface area contributed by atoms with E-state index < -0.39 is 0 Å². The maximum absolute atomic E-state index is 10.7. The van der Waals surface area contributed by atoms with Crippen LogP contribution in [0.15, 0.2) is 12.7 Å². The van der Waals surface area contributed by atoms with E-state index in [1.54, 1.807) is 0 Å². The SMILES string of the molecule is C=CC(=O)OCCCCCC1CCSS1. The number of unbranched alkanes of at least 4 members (excludes halogenated alkanes) is 2. The molecule has 0 N–H and O–H groups in total. The molecule has 1 saturated heterocycles. The van der Waals surface area contributed by atoms with Gasteiger partial charge in [-0.25, -0.2) is 4.79 Å². The summed E-state index contributed by atoms with van der Waals surface area (Å²) in [6, 6.07) is 0. The Bertz CT molecular complexity index is 201. The summed E-state index contributed by atoms with van der Waals surface area (Å²) in [5, 5.41) is 0.866. The summed E-state index contributed by atoms with van der Waals surface area (Å²) in [6.45, 7) is 3.89. The molecule has 1 fully saturated rings. The van der Waals surface area contributed by atoms with Crippen LogP contribution < -0.4 is 0 Å². The normalized spacial score (nSPS) is 20.1. The molecule has 0 radical (unpaired) electrons. The first kappa shape index (κ1) is 13.0. The van der Waals surface area contributed by atoms with Crippen LogP contribution in [0.2, 0.25) is 0 Å². The van der Waals surface area contributed by atoms with Crippen molar-refractivity contribution in [1.29, 1.82) is 0 Å². The second-order valence-corrected chi connectivity index (χ2v) is 6.34. The van der Waals surface area contributed by atoms with Crippen LogP contribution in [0.5, 0.6) is 0 Å². The Labute approximate surface area is 99.6 Å². The number of carbonyl (C=O) groups excluding carboxylic acids is 1. The molecule has 0 spiro atoms. The third-order valence-corrected chi connectivity index (χ3v) is 5.32. The standard InChI is InChI=1S/C11H18O2S2/c1-2-11(12)13-8-5-3-4-6-10-7-9-14-15-10/h2,10H,1,3-9H2. The molecule has 0 amide bonds. The molecule has 0 aromatic heterocycles. The van der Waals surface area contributed by atoms with Gasteiger partial charge in [0.25, 0.3) is 0 Å². The number of ether oxygens (including phenoxy) is 1. The van der Waals surface area contributed by atoms with Crippen LogP contribution in [-0.4, -0.2) is 23.6 Å². The molecule has 1 aliphatic heterocycles. The second-order valence-electron chi connectivity index (χ2n) is 3.55. The first-order valence-electron chi connectivity index (χ1n) is 5.40. The highest BCUT2D eigenvalue weighted by molar-refractivity contribution is 8.77. The minimum Gasteiger partial charge on any atom is -0.463 e. The van der Waals surface area contributed by atoms with E-state index in [9.17, 15) is 4.79 Å². The van der Waals surface area contributed by atoms with E-state index >= 15 is 0 Å². The summed E-state index contributed by atoms with van der Waals surface area (Å²) in [6.07, 6.45) is 7.28. The van der Waals surface area contributed by atoms with Crippen LogP contribution in [0.4, 0.5) is 0 Å². The van der Waals surface area contributed by atoms with Gasteiger partial charge in [-0.05, 0) is 19.3 Å². The molecule has 1 heterocycles. The molecule has 2 nitrogen and oxygen atoms in total. The van der Waals surface area contributed by atoms with Crippen LogP contribution in [0.25, 0.3) is 0 Å². The molecule has 1 rings (SSSR count). The molecular formula is C11H18O2S2. The van der Waals surface area contributed by atoms with E-state index in [1.165, 1.54) is 31.1 Å². The van der Waals surface area contributed by atoms with Crippen molar-refractivity contribution < 1.29 is 9.53 Å². The van der Waals surface area contributed by atoms with Crippen molar-refractivity contribution in [2.24, 2.45) is 0 Å². The van der Waals surface area contributed by atoms with Crippen LogP contribution >= 0.6 is 21.6 Å². The number of hydrogen-bond donors (Lipinski definition) is 0. The monoisotopic (exact) mass is 246 g/mol. The largest absolute Gasteiger partial charge is 0.463 e.